The van der Waals surface area contributed by atoms with Gasteiger partial charge in [-0.1, -0.05) is 6.07 Å². The Hall–Kier alpha value is -0.870. The Bertz CT molecular complexity index is 596. The van der Waals surface area contributed by atoms with Crippen molar-refractivity contribution in [3.8, 4) is 11.5 Å². The molecule has 2 rings (SSSR count). The largest absolute Gasteiger partial charge is 0.493 e. The van der Waals surface area contributed by atoms with Crippen LogP contribution in [0.5, 0.6) is 11.5 Å². The SMILES string of the molecule is CCNC(=NCc1ccc(OCCO)c(OC)c1)NCC1(C)CCCS1.I. The van der Waals surface area contributed by atoms with Crippen molar-refractivity contribution in [2.24, 2.45) is 4.99 Å². The van der Waals surface area contributed by atoms with Crippen LogP contribution in [0.25, 0.3) is 0 Å². The fourth-order valence-corrected chi connectivity index (χ4v) is 4.09. The number of thioether (sulfide) groups is 1. The van der Waals surface area contributed by atoms with Crippen molar-refractivity contribution >= 4 is 41.7 Å². The second-order valence-electron chi connectivity index (χ2n) is 6.51. The first-order valence-corrected chi connectivity index (χ1v) is 10.2. The minimum absolute atomic E-state index is 0. The number of aliphatic imine (C=N–C) groups is 1. The second-order valence-corrected chi connectivity index (χ2v) is 8.19. The van der Waals surface area contributed by atoms with E-state index in [4.69, 9.17) is 19.6 Å². The molecular formula is C19H32IN3O3S. The molecule has 1 unspecified atom stereocenters. The van der Waals surface area contributed by atoms with Gasteiger partial charge in [0, 0.05) is 17.8 Å². The molecule has 1 aliphatic heterocycles. The van der Waals surface area contributed by atoms with Gasteiger partial charge in [0.05, 0.1) is 20.3 Å². The van der Waals surface area contributed by atoms with Crippen molar-refractivity contribution in [2.75, 3.05) is 39.2 Å². The monoisotopic (exact) mass is 509 g/mol. The third-order valence-corrected chi connectivity index (χ3v) is 5.81. The highest BCUT2D eigenvalue weighted by molar-refractivity contribution is 14.0. The third kappa shape index (κ3) is 7.95. The van der Waals surface area contributed by atoms with Gasteiger partial charge in [0.1, 0.15) is 6.61 Å². The highest BCUT2D eigenvalue weighted by Crippen LogP contribution is 2.36. The van der Waals surface area contributed by atoms with Crippen molar-refractivity contribution in [3.05, 3.63) is 23.8 Å². The molecule has 3 N–H and O–H groups in total. The predicted molar refractivity (Wildman–Crippen MR) is 124 cm³/mol. The fraction of sp³-hybridized carbons (Fsp3) is 0.632. The summed E-state index contributed by atoms with van der Waals surface area (Å²) in [4.78, 5) is 4.69. The summed E-state index contributed by atoms with van der Waals surface area (Å²) in [5, 5.41) is 15.7. The zero-order chi connectivity index (χ0) is 18.8. The summed E-state index contributed by atoms with van der Waals surface area (Å²) in [5.41, 5.74) is 1.04. The molecule has 1 fully saturated rings. The first-order chi connectivity index (χ1) is 12.6. The second kappa shape index (κ2) is 12.6. The zero-order valence-corrected chi connectivity index (χ0v) is 19.6. The standard InChI is InChI=1S/C19H31N3O3S.HI/c1-4-20-18(22-14-19(2)8-5-11-26-19)21-13-15-6-7-16(25-10-9-23)17(12-15)24-3;/h6-7,12,23H,4-5,8-11,13-14H2,1-3H3,(H2,20,21,22);1H. The van der Waals surface area contributed by atoms with Gasteiger partial charge in [0.25, 0.3) is 0 Å². The van der Waals surface area contributed by atoms with E-state index >= 15 is 0 Å². The molecule has 154 valence electrons. The lowest BCUT2D eigenvalue weighted by molar-refractivity contribution is 0.196. The molecule has 0 aliphatic carbocycles. The third-order valence-electron chi connectivity index (χ3n) is 4.27. The van der Waals surface area contributed by atoms with E-state index in [1.807, 2.05) is 30.0 Å². The molecule has 1 aromatic carbocycles. The van der Waals surface area contributed by atoms with Gasteiger partial charge in [-0.3, -0.25) is 0 Å². The van der Waals surface area contributed by atoms with Crippen molar-refractivity contribution in [2.45, 2.75) is 38.0 Å². The number of halogens is 1. The summed E-state index contributed by atoms with van der Waals surface area (Å²) in [7, 11) is 1.61. The van der Waals surface area contributed by atoms with Crippen LogP contribution < -0.4 is 20.1 Å². The zero-order valence-electron chi connectivity index (χ0n) is 16.4. The maximum Gasteiger partial charge on any atom is 0.191 e. The van der Waals surface area contributed by atoms with E-state index in [9.17, 15) is 0 Å². The van der Waals surface area contributed by atoms with E-state index in [0.29, 0.717) is 22.8 Å². The number of hydrogen-bond donors (Lipinski definition) is 3. The molecule has 1 aromatic rings. The molecule has 6 nitrogen and oxygen atoms in total. The molecule has 27 heavy (non-hydrogen) atoms. The maximum atomic E-state index is 8.89. The van der Waals surface area contributed by atoms with Crippen LogP contribution in [0, 0.1) is 0 Å². The molecule has 1 saturated heterocycles. The first-order valence-electron chi connectivity index (χ1n) is 9.17. The number of aliphatic hydroxyl groups excluding tert-OH is 1. The fourth-order valence-electron chi connectivity index (χ4n) is 2.84. The molecule has 0 saturated carbocycles. The van der Waals surface area contributed by atoms with E-state index in [-0.39, 0.29) is 37.2 Å². The van der Waals surface area contributed by atoms with Crippen LogP contribution in [-0.4, -0.2) is 55.0 Å². The van der Waals surface area contributed by atoms with E-state index < -0.39 is 0 Å². The molecule has 0 amide bonds. The summed E-state index contributed by atoms with van der Waals surface area (Å²) in [6, 6.07) is 5.75. The van der Waals surface area contributed by atoms with Gasteiger partial charge in [-0.2, -0.15) is 11.8 Å². The number of methoxy groups -OCH3 is 1. The number of ether oxygens (including phenoxy) is 2. The lowest BCUT2D eigenvalue weighted by Gasteiger charge is -2.24. The first kappa shape index (κ1) is 24.2. The number of nitrogens with one attached hydrogen (secondary N) is 2. The average molecular weight is 509 g/mol. The van der Waals surface area contributed by atoms with Gasteiger partial charge in [-0.25, -0.2) is 4.99 Å². The molecular weight excluding hydrogens is 477 g/mol. The molecule has 1 heterocycles. The summed E-state index contributed by atoms with van der Waals surface area (Å²) in [5.74, 6) is 3.36. The Labute approximate surface area is 183 Å². The minimum Gasteiger partial charge on any atom is -0.493 e. The van der Waals surface area contributed by atoms with Crippen LogP contribution in [0.3, 0.4) is 0 Å². The topological polar surface area (TPSA) is 75.1 Å². The van der Waals surface area contributed by atoms with Gasteiger partial charge in [0.2, 0.25) is 0 Å². The molecule has 0 bridgehead atoms. The van der Waals surface area contributed by atoms with Crippen LogP contribution in [-0.2, 0) is 6.54 Å². The summed E-state index contributed by atoms with van der Waals surface area (Å²) < 4.78 is 11.1. The Morgan fingerprint density at radius 3 is 2.78 bits per heavy atom. The van der Waals surface area contributed by atoms with Gasteiger partial charge in [-0.05, 0) is 50.1 Å². The molecule has 0 aromatic heterocycles. The van der Waals surface area contributed by atoms with E-state index in [0.717, 1.165) is 24.6 Å². The van der Waals surface area contributed by atoms with E-state index in [1.165, 1.54) is 18.6 Å². The molecule has 1 aliphatic rings. The smallest absolute Gasteiger partial charge is 0.191 e. The van der Waals surface area contributed by atoms with Gasteiger partial charge in [0.15, 0.2) is 17.5 Å². The number of nitrogens with zero attached hydrogens (tertiary/aromatic N) is 1. The van der Waals surface area contributed by atoms with E-state index in [1.54, 1.807) is 7.11 Å². The Kier molecular flexibility index (Phi) is 11.2. The predicted octanol–water partition coefficient (Wildman–Crippen LogP) is 3.03. The Balaban J connectivity index is 0.00000364. The van der Waals surface area contributed by atoms with Crippen LogP contribution in [0.15, 0.2) is 23.2 Å². The minimum atomic E-state index is -0.0237. The number of benzene rings is 1. The van der Waals surface area contributed by atoms with Crippen LogP contribution in [0.2, 0.25) is 0 Å². The molecule has 8 heteroatoms. The summed E-state index contributed by atoms with van der Waals surface area (Å²) in [6.07, 6.45) is 2.54. The highest BCUT2D eigenvalue weighted by atomic mass is 127. The lowest BCUT2D eigenvalue weighted by Crippen LogP contribution is -2.43. The summed E-state index contributed by atoms with van der Waals surface area (Å²) >= 11 is 2.04. The Morgan fingerprint density at radius 1 is 1.33 bits per heavy atom. The normalized spacial score (nSPS) is 19.3. The van der Waals surface area contributed by atoms with E-state index in [2.05, 4.69) is 24.5 Å². The maximum absolute atomic E-state index is 8.89. The van der Waals surface area contributed by atoms with Crippen molar-refractivity contribution in [1.29, 1.82) is 0 Å². The van der Waals surface area contributed by atoms with Gasteiger partial charge < -0.3 is 25.2 Å². The number of aliphatic hydroxyl groups is 1. The van der Waals surface area contributed by atoms with Crippen LogP contribution in [0.1, 0.15) is 32.3 Å². The number of hydrogen-bond acceptors (Lipinski definition) is 5. The highest BCUT2D eigenvalue weighted by Gasteiger charge is 2.29. The van der Waals surface area contributed by atoms with Gasteiger partial charge in [-0.15, -0.1) is 24.0 Å². The lowest BCUT2D eigenvalue weighted by atomic mass is 10.1. The number of guanidine groups is 1. The van der Waals surface area contributed by atoms with Crippen molar-refractivity contribution in [3.63, 3.8) is 0 Å². The quantitative estimate of drug-likeness (QED) is 0.270. The molecule has 0 radical (unpaired) electrons. The average Bonchev–Trinajstić information content (AvgIpc) is 3.09. The Morgan fingerprint density at radius 2 is 2.15 bits per heavy atom. The van der Waals surface area contributed by atoms with Crippen LogP contribution in [0.4, 0.5) is 0 Å². The number of rotatable bonds is 9. The summed E-state index contributed by atoms with van der Waals surface area (Å²) in [6.45, 7) is 6.91. The van der Waals surface area contributed by atoms with Crippen LogP contribution >= 0.6 is 35.7 Å². The van der Waals surface area contributed by atoms with Gasteiger partial charge >= 0.3 is 0 Å². The van der Waals surface area contributed by atoms with Crippen molar-refractivity contribution < 1.29 is 14.6 Å². The molecule has 0 spiro atoms. The van der Waals surface area contributed by atoms with Crippen molar-refractivity contribution in [1.82, 2.24) is 10.6 Å². The molecule has 1 atom stereocenters.